The molecule has 0 aliphatic rings. The lowest BCUT2D eigenvalue weighted by molar-refractivity contribution is -0.660. The van der Waals surface area contributed by atoms with Gasteiger partial charge in [0.05, 0.1) is 32.3 Å². The van der Waals surface area contributed by atoms with Gasteiger partial charge in [-0.1, -0.05) is 264 Å². The number of benzene rings is 4. The van der Waals surface area contributed by atoms with Gasteiger partial charge in [0.15, 0.2) is 24.8 Å². The second kappa shape index (κ2) is 35.1. The molecule has 0 saturated carbocycles. The van der Waals surface area contributed by atoms with E-state index in [9.17, 15) is 0 Å². The molecule has 4 heterocycles. The molecule has 580 valence electrons. The molecule has 0 radical (unpaired) electrons. The fourth-order valence-corrected chi connectivity index (χ4v) is 22.2. The Morgan fingerprint density at radius 1 is 0.330 bits per heavy atom. The number of hydrogen-bond donors (Lipinski definition) is 0. The van der Waals surface area contributed by atoms with E-state index in [2.05, 4.69) is 413 Å². The lowest BCUT2D eigenvalue weighted by Crippen LogP contribution is -2.45. The molecule has 106 heavy (non-hydrogen) atoms. The van der Waals surface area contributed by atoms with Crippen molar-refractivity contribution in [3.05, 3.63) is 189 Å². The smallest absolute Gasteiger partial charge is 0.201 e. The van der Waals surface area contributed by atoms with Crippen molar-refractivity contribution in [2.75, 3.05) is 0 Å². The van der Waals surface area contributed by atoms with Crippen molar-refractivity contribution < 1.29 is 18.3 Å². The van der Waals surface area contributed by atoms with Gasteiger partial charge in [-0.2, -0.15) is 0 Å². The number of pyridine rings is 4. The van der Waals surface area contributed by atoms with Crippen LogP contribution < -0.4 is 39.0 Å². The summed E-state index contributed by atoms with van der Waals surface area (Å²) in [5, 5.41) is 6.43. The lowest BCUT2D eigenvalue weighted by Gasteiger charge is -2.26. The number of hydrogen-bond acceptors (Lipinski definition) is 0. The molecule has 0 aliphatic heterocycles. The van der Waals surface area contributed by atoms with Gasteiger partial charge < -0.3 is 0 Å². The van der Waals surface area contributed by atoms with E-state index in [4.69, 9.17) is 0 Å². The Morgan fingerprint density at radius 3 is 0.925 bits per heavy atom. The Hall–Kier alpha value is -5.65. The van der Waals surface area contributed by atoms with Gasteiger partial charge in [0.2, 0.25) is 22.8 Å². The highest BCUT2D eigenvalue weighted by molar-refractivity contribution is 6.90. The van der Waals surface area contributed by atoms with Crippen molar-refractivity contribution in [3.63, 3.8) is 0 Å². The van der Waals surface area contributed by atoms with Crippen LogP contribution in [0.25, 0.3) is 45.0 Å². The molecular weight excluding hydrogens is 1350 g/mol. The molecule has 0 unspecified atom stereocenters. The predicted molar refractivity (Wildman–Crippen MR) is 481 cm³/mol. The van der Waals surface area contributed by atoms with Crippen molar-refractivity contribution in [2.45, 2.75) is 301 Å². The van der Waals surface area contributed by atoms with E-state index in [0.717, 1.165) is 32.1 Å². The summed E-state index contributed by atoms with van der Waals surface area (Å²) in [6, 6.07) is 37.9. The quantitative estimate of drug-likeness (QED) is 0.0638. The molecule has 8 rings (SSSR count). The van der Waals surface area contributed by atoms with Crippen molar-refractivity contribution in [3.8, 4) is 45.0 Å². The molecule has 0 atom stereocenters. The zero-order chi connectivity index (χ0) is 80.9. The Kier molecular flexibility index (Phi) is 30.2. The molecule has 4 nitrogen and oxygen atoms in total. The van der Waals surface area contributed by atoms with Crippen molar-refractivity contribution in [1.82, 2.24) is 0 Å². The first-order valence-corrected chi connectivity index (χ1v) is 54.6. The van der Waals surface area contributed by atoms with Crippen LogP contribution in [0.2, 0.25) is 78.6 Å². The van der Waals surface area contributed by atoms with Crippen molar-refractivity contribution in [2.24, 2.45) is 55.8 Å². The van der Waals surface area contributed by atoms with E-state index in [-0.39, 0.29) is 5.41 Å². The van der Waals surface area contributed by atoms with Crippen LogP contribution in [0.15, 0.2) is 122 Å². The fourth-order valence-electron chi connectivity index (χ4n) is 15.5. The summed E-state index contributed by atoms with van der Waals surface area (Å²) in [6.07, 6.45) is 17.7. The first kappa shape index (κ1) is 91.0. The molecule has 0 aliphatic carbocycles. The van der Waals surface area contributed by atoms with Crippen LogP contribution in [0.1, 0.15) is 217 Å². The first-order chi connectivity index (χ1) is 48.1. The second-order valence-electron chi connectivity index (χ2n) is 42.7. The molecule has 0 bridgehead atoms. The van der Waals surface area contributed by atoms with Gasteiger partial charge >= 0.3 is 0 Å². The summed E-state index contributed by atoms with van der Waals surface area (Å²) in [5.74, 6) is 1.34. The highest BCUT2D eigenvalue weighted by atomic mass is 28.3. The summed E-state index contributed by atoms with van der Waals surface area (Å²) in [4.78, 5) is 0. The van der Waals surface area contributed by atoms with Gasteiger partial charge in [0, 0.05) is 68.8 Å². The van der Waals surface area contributed by atoms with Gasteiger partial charge in [0.25, 0.3) is 0 Å². The average Bonchev–Trinajstić information content (AvgIpc) is 0.809. The summed E-state index contributed by atoms with van der Waals surface area (Å²) in [7, 11) is 3.10. The average molecular weight is 1500 g/mol. The molecule has 0 spiro atoms. The van der Waals surface area contributed by atoms with Gasteiger partial charge in [-0.3, -0.25) is 0 Å². The maximum Gasteiger partial charge on any atom is 0.212 e. The zero-order valence-corrected chi connectivity index (χ0v) is 79.9. The third-order valence-electron chi connectivity index (χ3n) is 20.8. The Bertz CT molecular complexity index is 4300. The van der Waals surface area contributed by atoms with E-state index >= 15 is 0 Å². The van der Waals surface area contributed by atoms with E-state index in [1.54, 1.807) is 20.7 Å². The molecule has 8 aromatic rings. The van der Waals surface area contributed by atoms with E-state index in [0.29, 0.717) is 33.5 Å². The van der Waals surface area contributed by atoms with Gasteiger partial charge in [-0.15, -0.1) is 0 Å². The Balaban J connectivity index is 0.000000254. The predicted octanol–water partition coefficient (Wildman–Crippen LogP) is 23.2. The molecule has 4 aromatic carbocycles. The molecule has 0 saturated heterocycles. The standard InChI is InChI=1S/C26H42NSi.2C25H40NSi.C22H34NSi/c1-11-20(12-2)21-14-13-19(3)23(15-21)24-16-25(28(8,9)10)22(18-27(24)7)17-26(4,5)6;1-18-12-13-20(25(5,6)7)14-21(18)22-15-23(27(9,10)11)19(17-26(22)8)16-24(2,3)4;1-18(2)13-20-12-11-19(3)22(14-20)23-15-24(27(8,9)10)21(17-26(23)7)16-25(4,5)6;1-16-10-11-19(17(2)12-16)20-13-21(24(7,8)9)18(15-23(20)6)14-22(3,4)5/h13-16,18,20H,11-12,17H2,1-10H3;12-15,17H,16H2,1-11H3;11-12,14-15,17-18H,13,16H2,1-10H3;10-13,15H,14H2,1-9H3/q4*+1. The van der Waals surface area contributed by atoms with Crippen LogP contribution >= 0.6 is 0 Å². The SMILES string of the molecule is CCC(CC)c1ccc(C)c(-c2cc([Si](C)(C)C)c(CC(C)(C)C)c[n+]2C)c1.Cc1ccc(-c2cc([Si](C)(C)C)c(CC(C)(C)C)c[n+]2C)c(C)c1.Cc1ccc(C(C)(C)C)cc1-c1cc([Si](C)(C)C)c(CC(C)(C)C)c[n+]1C.Cc1ccc(CC(C)C)cc1-c1cc([Si](C)(C)C)c(CC(C)(C)C)c[n+]1C. The fraction of sp³-hybridized carbons (Fsp3) is 0.551. The van der Waals surface area contributed by atoms with Crippen molar-refractivity contribution >= 4 is 53.0 Å². The molecule has 0 amide bonds. The number of aryl methyl sites for hydroxylation is 9. The summed E-state index contributed by atoms with van der Waals surface area (Å²) in [6.45, 7) is 84.9. The molecule has 8 heteroatoms. The second-order valence-corrected chi connectivity index (χ2v) is 62.9. The molecular formula is C98H156N4Si4+4. The maximum atomic E-state index is 2.52. The maximum absolute atomic E-state index is 2.52. The van der Waals surface area contributed by atoms with Crippen LogP contribution in [-0.4, -0.2) is 32.3 Å². The van der Waals surface area contributed by atoms with Crippen LogP contribution in [0, 0.1) is 62.2 Å². The van der Waals surface area contributed by atoms with Crippen molar-refractivity contribution in [1.29, 1.82) is 0 Å². The third-order valence-corrected chi connectivity index (χ3v) is 29.1. The lowest BCUT2D eigenvalue weighted by atomic mass is 9.84. The van der Waals surface area contributed by atoms with E-state index in [1.165, 1.54) is 125 Å². The number of rotatable bonds is 17. The minimum absolute atomic E-state index is 0.162. The van der Waals surface area contributed by atoms with Gasteiger partial charge in [-0.05, 0) is 202 Å². The monoisotopic (exact) mass is 1500 g/mol. The third kappa shape index (κ3) is 26.3. The summed E-state index contributed by atoms with van der Waals surface area (Å²) in [5.41, 5.74) is 29.5. The Morgan fingerprint density at radius 2 is 0.632 bits per heavy atom. The topological polar surface area (TPSA) is 15.5 Å². The molecule has 0 N–H and O–H groups in total. The molecule has 4 aromatic heterocycles. The largest absolute Gasteiger partial charge is 0.212 e. The van der Waals surface area contributed by atoms with Crippen LogP contribution in [0.5, 0.6) is 0 Å². The minimum Gasteiger partial charge on any atom is -0.201 e. The van der Waals surface area contributed by atoms with E-state index in [1.807, 2.05) is 0 Å². The van der Waals surface area contributed by atoms with Crippen LogP contribution in [-0.2, 0) is 65.7 Å². The highest BCUT2D eigenvalue weighted by Crippen LogP contribution is 2.34. The van der Waals surface area contributed by atoms with Gasteiger partial charge in [-0.25, -0.2) is 18.3 Å². The summed E-state index contributed by atoms with van der Waals surface area (Å²) >= 11 is 0. The Labute approximate surface area is 657 Å². The minimum atomic E-state index is -1.45. The zero-order valence-electron chi connectivity index (χ0n) is 75.9. The highest BCUT2D eigenvalue weighted by Gasteiger charge is 2.34. The van der Waals surface area contributed by atoms with Gasteiger partial charge in [0.1, 0.15) is 28.2 Å². The van der Waals surface area contributed by atoms with Crippen LogP contribution in [0.4, 0.5) is 0 Å². The first-order valence-electron chi connectivity index (χ1n) is 40.6. The number of nitrogens with zero attached hydrogens (tertiary/aromatic N) is 4. The normalized spacial score (nSPS) is 12.8. The summed E-state index contributed by atoms with van der Waals surface area (Å²) < 4.78 is 9.39. The molecule has 0 fully saturated rings. The number of aromatic nitrogens is 4. The van der Waals surface area contributed by atoms with Crippen LogP contribution in [0.3, 0.4) is 0 Å². The van der Waals surface area contributed by atoms with E-state index < -0.39 is 32.3 Å².